The van der Waals surface area contributed by atoms with Crippen LogP contribution in [0.4, 0.5) is 0 Å². The molecule has 5 nitrogen and oxygen atoms in total. The zero-order valence-electron chi connectivity index (χ0n) is 18.2. The van der Waals surface area contributed by atoms with Crippen LogP contribution in [-0.2, 0) is 23.7 Å². The summed E-state index contributed by atoms with van der Waals surface area (Å²) in [7, 11) is 0. The van der Waals surface area contributed by atoms with Gasteiger partial charge in [0.15, 0.2) is 0 Å². The standard InChI is InChI=1S/C22H46O5/c1-3-5-7-8-9-10-11-12-14-24-16-18-26-20-22-27-21-19-25-17-15-23-13-6-4-2/h3-22H2,1-2H3. The minimum atomic E-state index is 0.604. The molecule has 0 rings (SSSR count). The molecule has 0 aromatic rings. The lowest BCUT2D eigenvalue weighted by atomic mass is 10.1. The number of hydrogen-bond donors (Lipinski definition) is 0. The summed E-state index contributed by atoms with van der Waals surface area (Å²) in [5.74, 6) is 0. The third-order valence-corrected chi connectivity index (χ3v) is 4.27. The number of hydrogen-bond acceptors (Lipinski definition) is 5. The van der Waals surface area contributed by atoms with E-state index in [1.165, 1.54) is 57.8 Å². The van der Waals surface area contributed by atoms with E-state index in [4.69, 9.17) is 23.7 Å². The second kappa shape index (κ2) is 25.8. The molecule has 0 fully saturated rings. The van der Waals surface area contributed by atoms with E-state index in [2.05, 4.69) is 13.8 Å². The SMILES string of the molecule is CCCCCCCCCCOCCOCCOCCOCCOCCCC. The summed E-state index contributed by atoms with van der Waals surface area (Å²) in [6.45, 7) is 11.2. The molecule has 0 amide bonds. The Morgan fingerprint density at radius 1 is 0.296 bits per heavy atom. The van der Waals surface area contributed by atoms with E-state index < -0.39 is 0 Å². The molecule has 0 aliphatic carbocycles. The van der Waals surface area contributed by atoms with E-state index in [1.54, 1.807) is 0 Å². The molecule has 0 saturated heterocycles. The highest BCUT2D eigenvalue weighted by Crippen LogP contribution is 2.08. The number of unbranched alkanes of at least 4 members (excludes halogenated alkanes) is 8. The van der Waals surface area contributed by atoms with Crippen molar-refractivity contribution in [1.29, 1.82) is 0 Å². The Balaban J connectivity index is 2.95. The Kier molecular flexibility index (Phi) is 25.6. The summed E-state index contributed by atoms with van der Waals surface area (Å²) in [6.07, 6.45) is 13.0. The fraction of sp³-hybridized carbons (Fsp3) is 1.00. The predicted molar refractivity (Wildman–Crippen MR) is 112 cm³/mol. The molecule has 0 atom stereocenters. The molecule has 164 valence electrons. The summed E-state index contributed by atoms with van der Waals surface area (Å²) >= 11 is 0. The van der Waals surface area contributed by atoms with Crippen molar-refractivity contribution in [3.05, 3.63) is 0 Å². The molecule has 0 aliphatic rings. The fourth-order valence-corrected chi connectivity index (χ4v) is 2.57. The van der Waals surface area contributed by atoms with Gasteiger partial charge in [0, 0.05) is 13.2 Å². The van der Waals surface area contributed by atoms with E-state index in [-0.39, 0.29) is 0 Å². The molecule has 0 aromatic heterocycles. The van der Waals surface area contributed by atoms with Gasteiger partial charge < -0.3 is 23.7 Å². The molecular formula is C22H46O5. The lowest BCUT2D eigenvalue weighted by Gasteiger charge is -2.08. The van der Waals surface area contributed by atoms with Crippen molar-refractivity contribution in [3.63, 3.8) is 0 Å². The first kappa shape index (κ1) is 26.8. The summed E-state index contributed by atoms with van der Waals surface area (Å²) < 4.78 is 27.4. The van der Waals surface area contributed by atoms with Gasteiger partial charge in [0.2, 0.25) is 0 Å². The average molecular weight is 391 g/mol. The van der Waals surface area contributed by atoms with E-state index >= 15 is 0 Å². The molecule has 0 N–H and O–H groups in total. The Morgan fingerprint density at radius 3 is 1.00 bits per heavy atom. The maximum Gasteiger partial charge on any atom is 0.0701 e. The Hall–Kier alpha value is -0.200. The first-order chi connectivity index (χ1) is 13.4. The summed E-state index contributed by atoms with van der Waals surface area (Å²) in [5.41, 5.74) is 0. The summed E-state index contributed by atoms with van der Waals surface area (Å²) in [4.78, 5) is 0. The topological polar surface area (TPSA) is 46.2 Å². The third-order valence-electron chi connectivity index (χ3n) is 4.27. The fourth-order valence-electron chi connectivity index (χ4n) is 2.57. The minimum absolute atomic E-state index is 0.604. The quantitative estimate of drug-likeness (QED) is 0.217. The van der Waals surface area contributed by atoms with Crippen molar-refractivity contribution in [2.24, 2.45) is 0 Å². The van der Waals surface area contributed by atoms with E-state index in [0.717, 1.165) is 19.6 Å². The Morgan fingerprint density at radius 2 is 0.593 bits per heavy atom. The zero-order valence-corrected chi connectivity index (χ0v) is 18.2. The maximum atomic E-state index is 5.59. The lowest BCUT2D eigenvalue weighted by molar-refractivity contribution is -0.0113. The molecule has 0 heterocycles. The molecule has 0 unspecified atom stereocenters. The normalized spacial score (nSPS) is 11.3. The summed E-state index contributed by atoms with van der Waals surface area (Å²) in [6, 6.07) is 0. The highest BCUT2D eigenvalue weighted by Gasteiger charge is 1.95. The number of rotatable bonds is 24. The van der Waals surface area contributed by atoms with Crippen LogP contribution in [0.15, 0.2) is 0 Å². The largest absolute Gasteiger partial charge is 0.379 e. The van der Waals surface area contributed by atoms with Gasteiger partial charge in [-0.3, -0.25) is 0 Å². The molecule has 0 spiro atoms. The second-order valence-electron chi connectivity index (χ2n) is 6.89. The van der Waals surface area contributed by atoms with Crippen LogP contribution in [0.1, 0.15) is 78.1 Å². The maximum absolute atomic E-state index is 5.59. The van der Waals surface area contributed by atoms with Crippen molar-refractivity contribution in [2.45, 2.75) is 78.1 Å². The Bertz CT molecular complexity index is 227. The highest BCUT2D eigenvalue weighted by atomic mass is 16.6. The van der Waals surface area contributed by atoms with Gasteiger partial charge in [0.1, 0.15) is 0 Å². The van der Waals surface area contributed by atoms with Gasteiger partial charge in [-0.1, -0.05) is 65.2 Å². The van der Waals surface area contributed by atoms with Crippen LogP contribution in [0.25, 0.3) is 0 Å². The molecule has 0 bridgehead atoms. The van der Waals surface area contributed by atoms with Crippen LogP contribution in [0.3, 0.4) is 0 Å². The van der Waals surface area contributed by atoms with E-state index in [1.807, 2.05) is 0 Å². The molecular weight excluding hydrogens is 344 g/mol. The van der Waals surface area contributed by atoms with Crippen molar-refractivity contribution >= 4 is 0 Å². The van der Waals surface area contributed by atoms with Crippen LogP contribution in [0.5, 0.6) is 0 Å². The van der Waals surface area contributed by atoms with Gasteiger partial charge in [-0.2, -0.15) is 0 Å². The third kappa shape index (κ3) is 25.8. The summed E-state index contributed by atoms with van der Waals surface area (Å²) in [5, 5.41) is 0. The number of ether oxygens (including phenoxy) is 5. The zero-order chi connectivity index (χ0) is 19.7. The Labute approximate surface area is 168 Å². The molecule has 0 saturated carbocycles. The van der Waals surface area contributed by atoms with Gasteiger partial charge in [-0.25, -0.2) is 0 Å². The molecule has 0 aromatic carbocycles. The van der Waals surface area contributed by atoms with E-state index in [9.17, 15) is 0 Å². The molecule has 27 heavy (non-hydrogen) atoms. The van der Waals surface area contributed by atoms with Gasteiger partial charge >= 0.3 is 0 Å². The van der Waals surface area contributed by atoms with Crippen LogP contribution < -0.4 is 0 Å². The average Bonchev–Trinajstić information content (AvgIpc) is 2.68. The van der Waals surface area contributed by atoms with Gasteiger partial charge in [0.25, 0.3) is 0 Å². The van der Waals surface area contributed by atoms with Gasteiger partial charge in [-0.05, 0) is 12.8 Å². The predicted octanol–water partition coefficient (Wildman–Crippen LogP) is 5.01. The molecule has 5 heteroatoms. The smallest absolute Gasteiger partial charge is 0.0701 e. The van der Waals surface area contributed by atoms with Crippen molar-refractivity contribution in [2.75, 3.05) is 66.1 Å². The van der Waals surface area contributed by atoms with Crippen molar-refractivity contribution in [3.8, 4) is 0 Å². The minimum Gasteiger partial charge on any atom is -0.379 e. The van der Waals surface area contributed by atoms with Crippen LogP contribution in [0, 0.1) is 0 Å². The van der Waals surface area contributed by atoms with E-state index in [0.29, 0.717) is 52.9 Å². The van der Waals surface area contributed by atoms with Gasteiger partial charge in [0.05, 0.1) is 52.9 Å². The molecule has 0 aliphatic heterocycles. The highest BCUT2D eigenvalue weighted by molar-refractivity contribution is 4.46. The van der Waals surface area contributed by atoms with Crippen LogP contribution in [0.2, 0.25) is 0 Å². The lowest BCUT2D eigenvalue weighted by Crippen LogP contribution is -2.13. The second-order valence-corrected chi connectivity index (χ2v) is 6.89. The first-order valence-electron chi connectivity index (χ1n) is 11.3. The van der Waals surface area contributed by atoms with Crippen molar-refractivity contribution < 1.29 is 23.7 Å². The van der Waals surface area contributed by atoms with Gasteiger partial charge in [-0.15, -0.1) is 0 Å². The first-order valence-corrected chi connectivity index (χ1v) is 11.3. The monoisotopic (exact) mass is 390 g/mol. The molecule has 0 radical (unpaired) electrons. The van der Waals surface area contributed by atoms with Crippen LogP contribution in [-0.4, -0.2) is 66.1 Å². The van der Waals surface area contributed by atoms with Crippen LogP contribution >= 0.6 is 0 Å². The van der Waals surface area contributed by atoms with Crippen molar-refractivity contribution in [1.82, 2.24) is 0 Å².